The quantitative estimate of drug-likeness (QED) is 0.496. The summed E-state index contributed by atoms with van der Waals surface area (Å²) in [5, 5.41) is 0. The average molecular weight is 177 g/mol. The van der Waals surface area contributed by atoms with Crippen LogP contribution in [0.2, 0.25) is 0 Å². The minimum Gasteiger partial charge on any atom is -0.278 e. The van der Waals surface area contributed by atoms with Crippen LogP contribution in [0, 0.1) is 6.92 Å². The highest BCUT2D eigenvalue weighted by Crippen LogP contribution is 2.18. The highest BCUT2D eigenvalue weighted by atomic mass is 15.4. The van der Waals surface area contributed by atoms with Crippen LogP contribution in [-0.2, 0) is 0 Å². The second-order valence-electron chi connectivity index (χ2n) is 3.89. The van der Waals surface area contributed by atoms with Gasteiger partial charge in [-0.05, 0) is 25.8 Å². The summed E-state index contributed by atoms with van der Waals surface area (Å²) in [5.74, 6) is 0. The molecule has 0 aliphatic heterocycles. The molecule has 0 atom stereocenters. The molecule has 1 aromatic rings. The molecule has 70 valence electrons. The Morgan fingerprint density at radius 2 is 1.77 bits per heavy atom. The van der Waals surface area contributed by atoms with E-state index in [0.29, 0.717) is 6.67 Å². The van der Waals surface area contributed by atoms with E-state index in [1.807, 2.05) is 0 Å². The van der Waals surface area contributed by atoms with Gasteiger partial charge in [0.25, 0.3) is 0 Å². The van der Waals surface area contributed by atoms with Gasteiger partial charge in [0.1, 0.15) is 5.69 Å². The topological polar surface area (TPSA) is 12.4 Å². The molecule has 0 bridgehead atoms. The van der Waals surface area contributed by atoms with Gasteiger partial charge in [-0.3, -0.25) is 4.48 Å². The molecule has 0 unspecified atom stereocenters. The lowest BCUT2D eigenvalue weighted by Crippen LogP contribution is -2.40. The van der Waals surface area contributed by atoms with Crippen molar-refractivity contribution in [3.05, 3.63) is 29.8 Å². The first-order valence-corrected chi connectivity index (χ1v) is 4.39. The van der Waals surface area contributed by atoms with Crippen molar-refractivity contribution in [1.29, 1.82) is 0 Å². The molecule has 13 heavy (non-hydrogen) atoms. The van der Waals surface area contributed by atoms with Crippen LogP contribution in [0.25, 0.3) is 0 Å². The molecule has 0 saturated carbocycles. The molecular weight excluding hydrogens is 160 g/mol. The summed E-state index contributed by atoms with van der Waals surface area (Å²) >= 11 is 0. The summed E-state index contributed by atoms with van der Waals surface area (Å²) in [6, 6.07) is 8.53. The van der Waals surface area contributed by atoms with Gasteiger partial charge < -0.3 is 0 Å². The number of benzene rings is 1. The normalized spacial score (nSPS) is 11.3. The minimum absolute atomic E-state index is 0.711. The van der Waals surface area contributed by atoms with Gasteiger partial charge in [0.05, 0.1) is 14.1 Å². The number of rotatable bonds is 3. The molecule has 0 fully saturated rings. The van der Waals surface area contributed by atoms with Gasteiger partial charge in [-0.15, -0.1) is 0 Å². The molecule has 2 heteroatoms. The third kappa shape index (κ3) is 2.39. The first-order chi connectivity index (χ1) is 6.06. The fraction of sp³-hybridized carbons (Fsp3) is 0.364. The van der Waals surface area contributed by atoms with E-state index in [1.54, 1.807) is 0 Å². The minimum atomic E-state index is 0.711. The SMILES string of the molecule is C=NC[N+](C)(C)c1ccc(C)cc1. The van der Waals surface area contributed by atoms with Gasteiger partial charge in [0.2, 0.25) is 0 Å². The van der Waals surface area contributed by atoms with Crippen molar-refractivity contribution in [1.82, 2.24) is 4.48 Å². The second kappa shape index (κ2) is 3.71. The van der Waals surface area contributed by atoms with Crippen LogP contribution in [0.15, 0.2) is 29.3 Å². The van der Waals surface area contributed by atoms with Crippen molar-refractivity contribution in [2.75, 3.05) is 20.8 Å². The van der Waals surface area contributed by atoms with Crippen LogP contribution in [0.3, 0.4) is 0 Å². The monoisotopic (exact) mass is 177 g/mol. The number of hydrogen-bond acceptors (Lipinski definition) is 1. The second-order valence-corrected chi connectivity index (χ2v) is 3.89. The Hall–Kier alpha value is -1.15. The maximum atomic E-state index is 3.93. The molecule has 1 rings (SSSR count). The molecule has 0 aliphatic carbocycles. The van der Waals surface area contributed by atoms with Crippen LogP contribution in [0.1, 0.15) is 5.56 Å². The molecule has 0 saturated heterocycles. The smallest absolute Gasteiger partial charge is 0.176 e. The lowest BCUT2D eigenvalue weighted by atomic mass is 10.2. The predicted molar refractivity (Wildman–Crippen MR) is 59.2 cm³/mol. The number of quaternary nitrogens is 1. The largest absolute Gasteiger partial charge is 0.278 e. The molecule has 0 heterocycles. The van der Waals surface area contributed by atoms with Crippen LogP contribution < -0.4 is 4.48 Å². The first-order valence-electron chi connectivity index (χ1n) is 4.39. The maximum absolute atomic E-state index is 3.93. The van der Waals surface area contributed by atoms with Crippen LogP contribution in [0.4, 0.5) is 5.69 Å². The van der Waals surface area contributed by atoms with Crippen LogP contribution in [0.5, 0.6) is 0 Å². The number of aryl methyl sites for hydroxylation is 1. The predicted octanol–water partition coefficient (Wildman–Crippen LogP) is 2.22. The molecule has 0 aromatic heterocycles. The fourth-order valence-corrected chi connectivity index (χ4v) is 1.28. The van der Waals surface area contributed by atoms with Crippen molar-refractivity contribution in [2.24, 2.45) is 4.99 Å². The maximum Gasteiger partial charge on any atom is 0.176 e. The van der Waals surface area contributed by atoms with Crippen molar-refractivity contribution < 1.29 is 0 Å². The lowest BCUT2D eigenvalue weighted by molar-refractivity contribution is 0.413. The number of aliphatic imine (C=N–C) groups is 1. The van der Waals surface area contributed by atoms with Crippen molar-refractivity contribution in [3.8, 4) is 0 Å². The van der Waals surface area contributed by atoms with Crippen molar-refractivity contribution in [2.45, 2.75) is 6.92 Å². The third-order valence-electron chi connectivity index (χ3n) is 2.19. The van der Waals surface area contributed by atoms with E-state index in [9.17, 15) is 0 Å². The molecule has 2 nitrogen and oxygen atoms in total. The Morgan fingerprint density at radius 3 is 2.23 bits per heavy atom. The van der Waals surface area contributed by atoms with E-state index in [4.69, 9.17) is 0 Å². The van der Waals surface area contributed by atoms with E-state index in [2.05, 4.69) is 57.0 Å². The summed E-state index contributed by atoms with van der Waals surface area (Å²) in [5.41, 5.74) is 2.55. The van der Waals surface area contributed by atoms with Gasteiger partial charge in [0, 0.05) is 0 Å². The Bertz CT molecular complexity index is 285. The molecule has 0 radical (unpaired) electrons. The van der Waals surface area contributed by atoms with E-state index >= 15 is 0 Å². The van der Waals surface area contributed by atoms with E-state index in [0.717, 1.165) is 4.48 Å². The fourth-order valence-electron chi connectivity index (χ4n) is 1.28. The first kappa shape index (κ1) is 9.93. The molecule has 0 N–H and O–H groups in total. The summed E-state index contributed by atoms with van der Waals surface area (Å²) in [6.07, 6.45) is 0. The summed E-state index contributed by atoms with van der Waals surface area (Å²) in [7, 11) is 4.25. The zero-order valence-corrected chi connectivity index (χ0v) is 8.62. The van der Waals surface area contributed by atoms with E-state index in [1.165, 1.54) is 11.3 Å². The summed E-state index contributed by atoms with van der Waals surface area (Å²) < 4.78 is 0.754. The van der Waals surface area contributed by atoms with Gasteiger partial charge in [-0.2, -0.15) is 0 Å². The molecule has 1 aromatic carbocycles. The summed E-state index contributed by atoms with van der Waals surface area (Å²) in [6.45, 7) is 6.33. The molecular formula is C11H17N2+. The Balaban J connectivity index is 2.93. The van der Waals surface area contributed by atoms with E-state index < -0.39 is 0 Å². The van der Waals surface area contributed by atoms with Crippen LogP contribution >= 0.6 is 0 Å². The lowest BCUT2D eigenvalue weighted by Gasteiger charge is -2.26. The highest BCUT2D eigenvalue weighted by molar-refractivity contribution is 5.43. The number of nitrogens with zero attached hydrogens (tertiary/aromatic N) is 2. The van der Waals surface area contributed by atoms with Gasteiger partial charge in [-0.1, -0.05) is 17.7 Å². The Labute approximate surface area is 80.1 Å². The molecule has 0 amide bonds. The zero-order valence-electron chi connectivity index (χ0n) is 8.62. The third-order valence-corrected chi connectivity index (χ3v) is 2.19. The summed E-state index contributed by atoms with van der Waals surface area (Å²) in [4.78, 5) is 3.93. The van der Waals surface area contributed by atoms with Crippen LogP contribution in [-0.4, -0.2) is 27.5 Å². The van der Waals surface area contributed by atoms with Crippen molar-refractivity contribution in [3.63, 3.8) is 0 Å². The molecule has 0 spiro atoms. The Morgan fingerprint density at radius 1 is 1.23 bits per heavy atom. The zero-order chi connectivity index (χ0) is 9.90. The van der Waals surface area contributed by atoms with Gasteiger partial charge >= 0.3 is 0 Å². The van der Waals surface area contributed by atoms with E-state index in [-0.39, 0.29) is 0 Å². The average Bonchev–Trinajstić information content (AvgIpc) is 2.05. The Kier molecular flexibility index (Phi) is 2.83. The van der Waals surface area contributed by atoms with Gasteiger partial charge in [-0.25, -0.2) is 4.99 Å². The van der Waals surface area contributed by atoms with Gasteiger partial charge in [0.15, 0.2) is 6.67 Å². The highest BCUT2D eigenvalue weighted by Gasteiger charge is 2.16. The van der Waals surface area contributed by atoms with Crippen molar-refractivity contribution >= 4 is 12.4 Å². The standard InChI is InChI=1S/C11H17N2/c1-10-5-7-11(8-6-10)13(3,4)9-12-2/h5-8H,2,9H2,1,3-4H3/q+1. The molecule has 0 aliphatic rings. The number of hydrogen-bond donors (Lipinski definition) is 0.